The summed E-state index contributed by atoms with van der Waals surface area (Å²) in [6, 6.07) is 17.0. The fourth-order valence-electron chi connectivity index (χ4n) is 2.27. The number of ether oxygens (including phenoxy) is 1. The molecule has 0 amide bonds. The molecule has 0 bridgehead atoms. The molecule has 0 spiro atoms. The summed E-state index contributed by atoms with van der Waals surface area (Å²) in [7, 11) is 0. The Morgan fingerprint density at radius 1 is 1.05 bits per heavy atom. The van der Waals surface area contributed by atoms with Crippen molar-refractivity contribution in [1.29, 1.82) is 0 Å². The minimum atomic E-state index is -1.88. The molecule has 110 valence electrons. The summed E-state index contributed by atoms with van der Waals surface area (Å²) < 4.78 is 5.17. The number of rotatable bonds is 5. The van der Waals surface area contributed by atoms with Gasteiger partial charge in [-0.05, 0) is 11.6 Å². The Morgan fingerprint density at radius 3 is 2.24 bits per heavy atom. The van der Waals surface area contributed by atoms with Gasteiger partial charge in [0.2, 0.25) is 0 Å². The minimum Gasteiger partial charge on any atom is -0.477 e. The average molecular weight is 286 g/mol. The largest absolute Gasteiger partial charge is 0.477 e. The number of carboxylic acids is 1. The number of carbonyl (C=O) groups is 1. The molecule has 1 unspecified atom stereocenters. The van der Waals surface area contributed by atoms with E-state index in [1.807, 2.05) is 56.3 Å². The molecule has 0 saturated carbocycles. The molecule has 4 nitrogen and oxygen atoms in total. The summed E-state index contributed by atoms with van der Waals surface area (Å²) >= 11 is 0. The summed E-state index contributed by atoms with van der Waals surface area (Å²) in [5.41, 5.74) is 1.51. The van der Waals surface area contributed by atoms with Crippen molar-refractivity contribution in [3.8, 4) is 5.75 Å². The van der Waals surface area contributed by atoms with Crippen molar-refractivity contribution in [3.05, 3.63) is 65.7 Å². The number of carboxylic acid groups (broad SMARTS) is 1. The third kappa shape index (κ3) is 3.23. The average Bonchev–Trinajstić information content (AvgIpc) is 2.48. The van der Waals surface area contributed by atoms with Gasteiger partial charge in [0.1, 0.15) is 5.75 Å². The van der Waals surface area contributed by atoms with Gasteiger partial charge in [-0.3, -0.25) is 0 Å². The fraction of sp³-hybridized carbons (Fsp3) is 0.235. The molecule has 2 rings (SSSR count). The van der Waals surface area contributed by atoms with Crippen LogP contribution in [-0.2, 0) is 10.2 Å². The SMILES string of the molecule is CC(C)(c1ccccc1)c1ccccc1OC(O)C(=O)O. The molecular weight excluding hydrogens is 268 g/mol. The summed E-state index contributed by atoms with van der Waals surface area (Å²) in [6.07, 6.45) is -1.88. The summed E-state index contributed by atoms with van der Waals surface area (Å²) in [5.74, 6) is -1.05. The molecule has 0 saturated heterocycles. The van der Waals surface area contributed by atoms with Crippen LogP contribution in [0.2, 0.25) is 0 Å². The molecule has 0 aliphatic rings. The zero-order valence-corrected chi connectivity index (χ0v) is 12.0. The Bertz CT molecular complexity index is 620. The van der Waals surface area contributed by atoms with Gasteiger partial charge in [0, 0.05) is 11.0 Å². The van der Waals surface area contributed by atoms with Crippen LogP contribution in [0.4, 0.5) is 0 Å². The van der Waals surface area contributed by atoms with Gasteiger partial charge in [0.25, 0.3) is 6.29 Å². The minimum absolute atomic E-state index is 0.362. The van der Waals surface area contributed by atoms with Crippen molar-refractivity contribution in [2.24, 2.45) is 0 Å². The summed E-state index contributed by atoms with van der Waals surface area (Å²) in [4.78, 5) is 10.8. The van der Waals surface area contributed by atoms with E-state index in [0.717, 1.165) is 11.1 Å². The van der Waals surface area contributed by atoms with Crippen LogP contribution < -0.4 is 4.74 Å². The summed E-state index contributed by atoms with van der Waals surface area (Å²) in [5, 5.41) is 18.2. The van der Waals surface area contributed by atoms with E-state index < -0.39 is 12.3 Å². The molecule has 0 fully saturated rings. The number of aliphatic hydroxyl groups is 1. The molecule has 0 radical (unpaired) electrons. The van der Waals surface area contributed by atoms with E-state index in [1.165, 1.54) is 0 Å². The van der Waals surface area contributed by atoms with Gasteiger partial charge >= 0.3 is 5.97 Å². The Morgan fingerprint density at radius 2 is 1.62 bits per heavy atom. The van der Waals surface area contributed by atoms with Crippen LogP contribution in [0.5, 0.6) is 5.75 Å². The Labute approximate surface area is 123 Å². The van der Waals surface area contributed by atoms with E-state index in [-0.39, 0.29) is 5.41 Å². The maximum Gasteiger partial charge on any atom is 0.373 e. The van der Waals surface area contributed by atoms with Crippen LogP contribution in [0.1, 0.15) is 25.0 Å². The second-order valence-corrected chi connectivity index (χ2v) is 5.30. The lowest BCUT2D eigenvalue weighted by atomic mass is 9.78. The van der Waals surface area contributed by atoms with Crippen LogP contribution >= 0.6 is 0 Å². The highest BCUT2D eigenvalue weighted by Gasteiger charge is 2.28. The van der Waals surface area contributed by atoms with Crippen LogP contribution in [0, 0.1) is 0 Å². The van der Waals surface area contributed by atoms with E-state index in [9.17, 15) is 9.90 Å². The smallest absolute Gasteiger partial charge is 0.373 e. The molecule has 0 aliphatic carbocycles. The normalized spacial score (nSPS) is 12.7. The molecule has 2 aromatic rings. The van der Waals surface area contributed by atoms with Crippen molar-refractivity contribution in [2.45, 2.75) is 25.6 Å². The third-order valence-electron chi connectivity index (χ3n) is 3.51. The first-order valence-electron chi connectivity index (χ1n) is 6.65. The molecule has 4 heteroatoms. The highest BCUT2D eigenvalue weighted by Crippen LogP contribution is 2.37. The number of aliphatic hydroxyl groups excluding tert-OH is 1. The van der Waals surface area contributed by atoms with Gasteiger partial charge in [0.05, 0.1) is 0 Å². The first kappa shape index (κ1) is 15.1. The quantitative estimate of drug-likeness (QED) is 0.829. The second kappa shape index (κ2) is 5.97. The summed E-state index contributed by atoms with van der Waals surface area (Å²) in [6.45, 7) is 4.05. The third-order valence-corrected chi connectivity index (χ3v) is 3.51. The maximum absolute atomic E-state index is 10.8. The molecular formula is C17H18O4. The van der Waals surface area contributed by atoms with Crippen LogP contribution in [0.3, 0.4) is 0 Å². The zero-order chi connectivity index (χ0) is 15.5. The van der Waals surface area contributed by atoms with Gasteiger partial charge in [-0.1, -0.05) is 62.4 Å². The molecule has 2 aromatic carbocycles. The first-order valence-corrected chi connectivity index (χ1v) is 6.65. The van der Waals surface area contributed by atoms with Gasteiger partial charge in [-0.2, -0.15) is 0 Å². The topological polar surface area (TPSA) is 66.8 Å². The Hall–Kier alpha value is -2.33. The predicted molar refractivity (Wildman–Crippen MR) is 79.3 cm³/mol. The van der Waals surface area contributed by atoms with Crippen molar-refractivity contribution >= 4 is 5.97 Å². The van der Waals surface area contributed by atoms with Gasteiger partial charge in [-0.25, -0.2) is 4.79 Å². The molecule has 2 N–H and O–H groups in total. The lowest BCUT2D eigenvalue weighted by Crippen LogP contribution is -2.28. The van der Waals surface area contributed by atoms with Gasteiger partial charge in [-0.15, -0.1) is 0 Å². The monoisotopic (exact) mass is 286 g/mol. The van der Waals surface area contributed by atoms with Crippen LogP contribution in [0.15, 0.2) is 54.6 Å². The van der Waals surface area contributed by atoms with Crippen molar-refractivity contribution in [2.75, 3.05) is 0 Å². The maximum atomic E-state index is 10.8. The highest BCUT2D eigenvalue weighted by atomic mass is 16.6. The second-order valence-electron chi connectivity index (χ2n) is 5.30. The lowest BCUT2D eigenvalue weighted by molar-refractivity contribution is -0.162. The predicted octanol–water partition coefficient (Wildman–Crippen LogP) is 2.79. The molecule has 0 aliphatic heterocycles. The van der Waals surface area contributed by atoms with E-state index >= 15 is 0 Å². The van der Waals surface area contributed by atoms with E-state index in [2.05, 4.69) is 0 Å². The van der Waals surface area contributed by atoms with Crippen molar-refractivity contribution in [3.63, 3.8) is 0 Å². The van der Waals surface area contributed by atoms with Gasteiger partial charge in [0.15, 0.2) is 0 Å². The number of para-hydroxylation sites is 1. The molecule has 0 heterocycles. The Balaban J connectivity index is 2.42. The number of aliphatic carboxylic acids is 1. The van der Waals surface area contributed by atoms with Crippen LogP contribution in [0.25, 0.3) is 0 Å². The first-order chi connectivity index (χ1) is 9.93. The zero-order valence-electron chi connectivity index (χ0n) is 12.0. The number of hydrogen-bond donors (Lipinski definition) is 2. The highest BCUT2D eigenvalue weighted by molar-refractivity contribution is 5.70. The van der Waals surface area contributed by atoms with Crippen LogP contribution in [-0.4, -0.2) is 22.5 Å². The molecule has 0 aromatic heterocycles. The molecule has 1 atom stereocenters. The molecule has 21 heavy (non-hydrogen) atoms. The van der Waals surface area contributed by atoms with E-state index in [0.29, 0.717) is 5.75 Å². The Kier molecular flexibility index (Phi) is 4.29. The van der Waals surface area contributed by atoms with E-state index in [4.69, 9.17) is 9.84 Å². The standard InChI is InChI=1S/C17H18O4/c1-17(2,12-8-4-3-5-9-12)13-10-6-7-11-14(13)21-16(20)15(18)19/h3-11,16,20H,1-2H3,(H,18,19). The lowest BCUT2D eigenvalue weighted by Gasteiger charge is -2.28. The number of hydrogen-bond acceptors (Lipinski definition) is 3. The van der Waals surface area contributed by atoms with Crippen molar-refractivity contribution in [1.82, 2.24) is 0 Å². The van der Waals surface area contributed by atoms with Gasteiger partial charge < -0.3 is 14.9 Å². The van der Waals surface area contributed by atoms with E-state index in [1.54, 1.807) is 12.1 Å². The fourth-order valence-corrected chi connectivity index (χ4v) is 2.27. The van der Waals surface area contributed by atoms with Crippen molar-refractivity contribution < 1.29 is 19.7 Å². The number of benzene rings is 2.